The maximum Gasteiger partial charge on any atom is 0.0666 e. The first-order chi connectivity index (χ1) is 8.52. The lowest BCUT2D eigenvalue weighted by molar-refractivity contribution is 0.527. The van der Waals surface area contributed by atoms with Crippen LogP contribution in [0.5, 0.6) is 0 Å². The van der Waals surface area contributed by atoms with Crippen molar-refractivity contribution in [3.63, 3.8) is 0 Å². The van der Waals surface area contributed by atoms with E-state index in [-0.39, 0.29) is 5.92 Å². The van der Waals surface area contributed by atoms with E-state index in [2.05, 4.69) is 56.4 Å². The predicted octanol–water partition coefficient (Wildman–Crippen LogP) is 3.70. The molecule has 0 heterocycles. The molecule has 0 aliphatic rings. The largest absolute Gasteiger partial charge is 0.309 e. The summed E-state index contributed by atoms with van der Waals surface area (Å²) in [7, 11) is 0. The van der Waals surface area contributed by atoms with Gasteiger partial charge in [0.15, 0.2) is 0 Å². The van der Waals surface area contributed by atoms with Crippen molar-refractivity contribution in [2.24, 2.45) is 11.8 Å². The zero-order chi connectivity index (χ0) is 13.5. The van der Waals surface area contributed by atoms with Crippen LogP contribution in [0.1, 0.15) is 44.9 Å². The normalized spacial score (nSPS) is 14.2. The molecule has 0 bridgehead atoms. The monoisotopic (exact) mass is 244 g/mol. The second-order valence-electron chi connectivity index (χ2n) is 5.50. The summed E-state index contributed by atoms with van der Waals surface area (Å²) in [6.45, 7) is 9.29. The Morgan fingerprint density at radius 3 is 2.22 bits per heavy atom. The van der Waals surface area contributed by atoms with Gasteiger partial charge in [0, 0.05) is 12.6 Å². The van der Waals surface area contributed by atoms with Crippen LogP contribution in [0.2, 0.25) is 0 Å². The van der Waals surface area contributed by atoms with Gasteiger partial charge in [-0.2, -0.15) is 5.26 Å². The molecule has 0 saturated carbocycles. The predicted molar refractivity (Wildman–Crippen MR) is 76.2 cm³/mol. The van der Waals surface area contributed by atoms with Crippen molar-refractivity contribution >= 4 is 0 Å². The molecule has 2 nitrogen and oxygen atoms in total. The molecule has 1 aromatic rings. The van der Waals surface area contributed by atoms with E-state index in [1.165, 1.54) is 11.1 Å². The van der Waals surface area contributed by atoms with E-state index in [4.69, 9.17) is 5.26 Å². The van der Waals surface area contributed by atoms with Crippen LogP contribution in [-0.2, 0) is 6.42 Å². The van der Waals surface area contributed by atoms with E-state index < -0.39 is 0 Å². The highest BCUT2D eigenvalue weighted by Gasteiger charge is 2.07. The molecule has 0 aliphatic carbocycles. The minimum Gasteiger partial charge on any atom is -0.309 e. The van der Waals surface area contributed by atoms with Gasteiger partial charge in [0.25, 0.3) is 0 Å². The van der Waals surface area contributed by atoms with Gasteiger partial charge in [-0.05, 0) is 37.3 Å². The highest BCUT2D eigenvalue weighted by molar-refractivity contribution is 5.25. The first-order valence-corrected chi connectivity index (χ1v) is 6.74. The Labute approximate surface area is 111 Å². The summed E-state index contributed by atoms with van der Waals surface area (Å²) < 4.78 is 0. The summed E-state index contributed by atoms with van der Waals surface area (Å²) in [6, 6.07) is 11.3. The first kappa shape index (κ1) is 14.7. The van der Waals surface area contributed by atoms with Crippen LogP contribution >= 0.6 is 0 Å². The molecule has 0 amide bonds. The van der Waals surface area contributed by atoms with E-state index in [1.807, 2.05) is 6.92 Å². The van der Waals surface area contributed by atoms with Gasteiger partial charge in [-0.25, -0.2) is 0 Å². The lowest BCUT2D eigenvalue weighted by atomic mass is 10.00. The number of rotatable bonds is 6. The summed E-state index contributed by atoms with van der Waals surface area (Å²) in [5.41, 5.74) is 2.68. The molecular weight excluding hydrogens is 220 g/mol. The standard InChI is InChI=1S/C16H24N2/c1-12(2)9-15-5-7-16(8-6-15)14(4)18-11-13(3)10-17/h5-8,12-14,18H,9,11H2,1-4H3. The van der Waals surface area contributed by atoms with Gasteiger partial charge in [0.1, 0.15) is 0 Å². The minimum atomic E-state index is 0.0627. The van der Waals surface area contributed by atoms with Crippen molar-refractivity contribution in [1.82, 2.24) is 5.32 Å². The minimum absolute atomic E-state index is 0.0627. The highest BCUT2D eigenvalue weighted by atomic mass is 14.9. The lowest BCUT2D eigenvalue weighted by Crippen LogP contribution is -2.23. The van der Waals surface area contributed by atoms with Crippen molar-refractivity contribution in [2.45, 2.75) is 40.2 Å². The Hall–Kier alpha value is -1.33. The molecule has 2 unspecified atom stereocenters. The maximum atomic E-state index is 8.75. The van der Waals surface area contributed by atoms with Crippen molar-refractivity contribution < 1.29 is 0 Å². The van der Waals surface area contributed by atoms with Crippen molar-refractivity contribution in [2.75, 3.05) is 6.54 Å². The van der Waals surface area contributed by atoms with E-state index in [0.717, 1.165) is 13.0 Å². The number of hydrogen-bond acceptors (Lipinski definition) is 2. The fraction of sp³-hybridized carbons (Fsp3) is 0.562. The molecule has 1 rings (SSSR count). The molecule has 0 spiro atoms. The molecule has 0 saturated heterocycles. The Morgan fingerprint density at radius 1 is 1.11 bits per heavy atom. The third-order valence-corrected chi connectivity index (χ3v) is 3.07. The highest BCUT2D eigenvalue weighted by Crippen LogP contribution is 2.15. The van der Waals surface area contributed by atoms with Gasteiger partial charge in [-0.15, -0.1) is 0 Å². The van der Waals surface area contributed by atoms with Gasteiger partial charge in [0.05, 0.1) is 12.0 Å². The third-order valence-electron chi connectivity index (χ3n) is 3.07. The van der Waals surface area contributed by atoms with Gasteiger partial charge >= 0.3 is 0 Å². The van der Waals surface area contributed by atoms with E-state index in [1.54, 1.807) is 0 Å². The topological polar surface area (TPSA) is 35.8 Å². The van der Waals surface area contributed by atoms with Crippen molar-refractivity contribution in [3.8, 4) is 6.07 Å². The van der Waals surface area contributed by atoms with Crippen LogP contribution in [0.3, 0.4) is 0 Å². The van der Waals surface area contributed by atoms with Crippen molar-refractivity contribution in [3.05, 3.63) is 35.4 Å². The van der Waals surface area contributed by atoms with Crippen molar-refractivity contribution in [1.29, 1.82) is 5.26 Å². The summed E-state index contributed by atoms with van der Waals surface area (Å²) in [4.78, 5) is 0. The zero-order valence-electron chi connectivity index (χ0n) is 11.9. The summed E-state index contributed by atoms with van der Waals surface area (Å²) in [5.74, 6) is 0.760. The third kappa shape index (κ3) is 4.89. The van der Waals surface area contributed by atoms with Crippen LogP contribution in [0.4, 0.5) is 0 Å². The Bertz CT molecular complexity index is 387. The van der Waals surface area contributed by atoms with E-state index in [9.17, 15) is 0 Å². The molecule has 1 aromatic carbocycles. The zero-order valence-corrected chi connectivity index (χ0v) is 11.9. The molecule has 0 radical (unpaired) electrons. The average molecular weight is 244 g/mol. The fourth-order valence-corrected chi connectivity index (χ4v) is 1.93. The molecule has 0 fully saturated rings. The maximum absolute atomic E-state index is 8.75. The Morgan fingerprint density at radius 2 is 1.72 bits per heavy atom. The summed E-state index contributed by atoms with van der Waals surface area (Å²) in [5, 5.41) is 12.1. The second-order valence-corrected chi connectivity index (χ2v) is 5.50. The van der Waals surface area contributed by atoms with Gasteiger partial charge in [-0.1, -0.05) is 38.1 Å². The molecule has 0 aliphatic heterocycles. The summed E-state index contributed by atoms with van der Waals surface area (Å²) >= 11 is 0. The van der Waals surface area contributed by atoms with E-state index in [0.29, 0.717) is 12.0 Å². The smallest absolute Gasteiger partial charge is 0.0666 e. The Kier molecular flexibility index (Phi) is 5.88. The molecule has 18 heavy (non-hydrogen) atoms. The van der Waals surface area contributed by atoms with Crippen LogP contribution in [0.15, 0.2) is 24.3 Å². The molecule has 98 valence electrons. The van der Waals surface area contributed by atoms with Gasteiger partial charge < -0.3 is 5.32 Å². The Balaban J connectivity index is 2.54. The molecule has 0 aromatic heterocycles. The van der Waals surface area contributed by atoms with Crippen LogP contribution in [-0.4, -0.2) is 6.54 Å². The van der Waals surface area contributed by atoms with Crippen LogP contribution in [0.25, 0.3) is 0 Å². The van der Waals surface area contributed by atoms with Crippen LogP contribution < -0.4 is 5.32 Å². The molecule has 2 heteroatoms. The number of nitrogens with one attached hydrogen (secondary N) is 1. The molecule has 1 N–H and O–H groups in total. The van der Waals surface area contributed by atoms with Crippen LogP contribution in [0, 0.1) is 23.2 Å². The number of hydrogen-bond donors (Lipinski definition) is 1. The van der Waals surface area contributed by atoms with E-state index >= 15 is 0 Å². The SMILES string of the molecule is CC(C)Cc1ccc(C(C)NCC(C)C#N)cc1. The summed E-state index contributed by atoms with van der Waals surface area (Å²) in [6.07, 6.45) is 1.13. The number of nitrogens with zero attached hydrogens (tertiary/aromatic N) is 1. The molecule has 2 atom stereocenters. The average Bonchev–Trinajstić information content (AvgIpc) is 2.35. The fourth-order valence-electron chi connectivity index (χ4n) is 1.93. The quantitative estimate of drug-likeness (QED) is 0.828. The van der Waals surface area contributed by atoms with Gasteiger partial charge in [0.2, 0.25) is 0 Å². The first-order valence-electron chi connectivity index (χ1n) is 6.74. The lowest BCUT2D eigenvalue weighted by Gasteiger charge is -2.15. The molecular formula is C16H24N2. The van der Waals surface area contributed by atoms with Gasteiger partial charge in [-0.3, -0.25) is 0 Å². The number of benzene rings is 1. The number of nitriles is 1. The second kappa shape index (κ2) is 7.18.